The van der Waals surface area contributed by atoms with Crippen molar-refractivity contribution in [3.63, 3.8) is 0 Å². The van der Waals surface area contributed by atoms with Crippen molar-refractivity contribution < 1.29 is 4.39 Å². The number of anilines is 1. The summed E-state index contributed by atoms with van der Waals surface area (Å²) in [7, 11) is 4.04. The predicted octanol–water partition coefficient (Wildman–Crippen LogP) is 4.61. The number of hydrogen-bond donors (Lipinski definition) is 0. The maximum Gasteiger partial charge on any atom is 0.123 e. The molecule has 110 valence electrons. The van der Waals surface area contributed by atoms with Crippen LogP contribution in [-0.2, 0) is 0 Å². The molecular formula is C19H17FN2. The van der Waals surface area contributed by atoms with Crippen molar-refractivity contribution in [1.82, 2.24) is 4.98 Å². The molecule has 0 amide bonds. The Morgan fingerprint density at radius 2 is 1.68 bits per heavy atom. The van der Waals surface area contributed by atoms with E-state index >= 15 is 0 Å². The van der Waals surface area contributed by atoms with Crippen LogP contribution in [0.2, 0.25) is 0 Å². The van der Waals surface area contributed by atoms with E-state index in [1.807, 2.05) is 38.4 Å². The summed E-state index contributed by atoms with van der Waals surface area (Å²) in [4.78, 5) is 6.58. The second-order valence-corrected chi connectivity index (χ2v) is 5.39. The summed E-state index contributed by atoms with van der Waals surface area (Å²) in [5.41, 5.74) is 3.94. The molecule has 0 bridgehead atoms. The van der Waals surface area contributed by atoms with Gasteiger partial charge in [0.1, 0.15) is 5.82 Å². The maximum atomic E-state index is 13.2. The third-order valence-electron chi connectivity index (χ3n) is 3.53. The van der Waals surface area contributed by atoms with Gasteiger partial charge in [-0.2, -0.15) is 0 Å². The fourth-order valence-electron chi connectivity index (χ4n) is 2.27. The Kier molecular flexibility index (Phi) is 3.88. The fourth-order valence-corrected chi connectivity index (χ4v) is 2.27. The van der Waals surface area contributed by atoms with E-state index < -0.39 is 0 Å². The van der Waals surface area contributed by atoms with E-state index in [0.29, 0.717) is 0 Å². The number of hydrogen-bond acceptors (Lipinski definition) is 2. The smallest absolute Gasteiger partial charge is 0.123 e. The molecule has 3 rings (SSSR count). The first kappa shape index (κ1) is 14.3. The molecule has 1 heterocycles. The number of aromatic nitrogens is 1. The second-order valence-electron chi connectivity index (χ2n) is 5.39. The first-order valence-electron chi connectivity index (χ1n) is 7.13. The molecule has 0 radical (unpaired) electrons. The zero-order valence-electron chi connectivity index (χ0n) is 12.6. The van der Waals surface area contributed by atoms with Crippen LogP contribution in [0.4, 0.5) is 10.1 Å². The van der Waals surface area contributed by atoms with Crippen LogP contribution < -0.4 is 4.90 Å². The Morgan fingerprint density at radius 3 is 2.41 bits per heavy atom. The van der Waals surface area contributed by atoms with Crippen molar-refractivity contribution in [2.45, 2.75) is 0 Å². The van der Waals surface area contributed by atoms with Crippen LogP contribution in [0.5, 0.6) is 0 Å². The summed E-state index contributed by atoms with van der Waals surface area (Å²) in [6.45, 7) is 0. The molecule has 2 nitrogen and oxygen atoms in total. The Hall–Kier alpha value is -2.68. The van der Waals surface area contributed by atoms with Crippen LogP contribution in [0.1, 0.15) is 11.3 Å². The van der Waals surface area contributed by atoms with E-state index in [1.165, 1.54) is 17.8 Å². The van der Waals surface area contributed by atoms with E-state index in [-0.39, 0.29) is 5.82 Å². The van der Waals surface area contributed by atoms with E-state index in [0.717, 1.165) is 22.2 Å². The lowest BCUT2D eigenvalue weighted by Gasteiger charge is -2.11. The summed E-state index contributed by atoms with van der Waals surface area (Å²) in [5.74, 6) is -0.237. The van der Waals surface area contributed by atoms with Crippen LogP contribution in [0, 0.1) is 5.82 Å². The predicted molar refractivity (Wildman–Crippen MR) is 91.4 cm³/mol. The topological polar surface area (TPSA) is 16.1 Å². The van der Waals surface area contributed by atoms with Gasteiger partial charge in [0, 0.05) is 25.2 Å². The molecule has 0 aliphatic heterocycles. The molecule has 0 aliphatic rings. The van der Waals surface area contributed by atoms with E-state index in [4.69, 9.17) is 0 Å². The second kappa shape index (κ2) is 5.98. The number of benzene rings is 2. The SMILES string of the molecule is CN(C)c1ccc(C=Cc2ccc3cc(F)ccc3n2)cc1. The fraction of sp³-hybridized carbons (Fsp3) is 0.105. The van der Waals surface area contributed by atoms with Gasteiger partial charge in [-0.1, -0.05) is 24.3 Å². The van der Waals surface area contributed by atoms with Gasteiger partial charge >= 0.3 is 0 Å². The van der Waals surface area contributed by atoms with Crippen LogP contribution in [0.25, 0.3) is 23.1 Å². The third-order valence-corrected chi connectivity index (χ3v) is 3.53. The van der Waals surface area contributed by atoms with Gasteiger partial charge < -0.3 is 4.90 Å². The molecule has 0 fully saturated rings. The molecule has 0 spiro atoms. The largest absolute Gasteiger partial charge is 0.378 e. The number of pyridine rings is 1. The lowest BCUT2D eigenvalue weighted by atomic mass is 10.1. The monoisotopic (exact) mass is 292 g/mol. The molecule has 2 aromatic carbocycles. The molecule has 3 heteroatoms. The summed E-state index contributed by atoms with van der Waals surface area (Å²) in [5, 5.41) is 0.812. The lowest BCUT2D eigenvalue weighted by molar-refractivity contribution is 0.629. The van der Waals surface area contributed by atoms with Crippen molar-refractivity contribution in [1.29, 1.82) is 0 Å². The molecule has 22 heavy (non-hydrogen) atoms. The Balaban J connectivity index is 1.84. The van der Waals surface area contributed by atoms with Crippen molar-refractivity contribution in [3.8, 4) is 0 Å². The number of rotatable bonds is 3. The standard InChI is InChI=1S/C19H17FN2/c1-22(2)18-10-4-14(5-11-18)3-8-17-9-6-15-13-16(20)7-12-19(15)21-17/h3-13H,1-2H3. The summed E-state index contributed by atoms with van der Waals surface area (Å²) < 4.78 is 13.2. The van der Waals surface area contributed by atoms with Gasteiger partial charge in [0.2, 0.25) is 0 Å². The first-order chi connectivity index (χ1) is 10.6. The number of fused-ring (bicyclic) bond motifs is 1. The molecule has 0 aliphatic carbocycles. The molecule has 3 aromatic rings. The average Bonchev–Trinajstić information content (AvgIpc) is 2.53. The van der Waals surface area contributed by atoms with Gasteiger partial charge in [-0.3, -0.25) is 0 Å². The Morgan fingerprint density at radius 1 is 0.909 bits per heavy atom. The van der Waals surface area contributed by atoms with Gasteiger partial charge in [-0.05, 0) is 48.0 Å². The quantitative estimate of drug-likeness (QED) is 0.700. The maximum absolute atomic E-state index is 13.2. The van der Waals surface area contributed by atoms with Crippen LogP contribution >= 0.6 is 0 Å². The minimum atomic E-state index is -0.237. The molecular weight excluding hydrogens is 275 g/mol. The zero-order valence-corrected chi connectivity index (χ0v) is 12.6. The van der Waals surface area contributed by atoms with E-state index in [1.54, 1.807) is 6.07 Å². The van der Waals surface area contributed by atoms with E-state index in [2.05, 4.69) is 34.1 Å². The van der Waals surface area contributed by atoms with Crippen molar-refractivity contribution >= 4 is 28.7 Å². The highest BCUT2D eigenvalue weighted by Crippen LogP contribution is 2.17. The summed E-state index contributed by atoms with van der Waals surface area (Å²) in [6, 6.07) is 16.7. The van der Waals surface area contributed by atoms with Crippen molar-refractivity contribution in [3.05, 3.63) is 71.7 Å². The minimum absolute atomic E-state index is 0.237. The molecule has 1 aromatic heterocycles. The van der Waals surface area contributed by atoms with Gasteiger partial charge in [0.15, 0.2) is 0 Å². The number of nitrogens with zero attached hydrogens (tertiary/aromatic N) is 2. The summed E-state index contributed by atoms with van der Waals surface area (Å²) in [6.07, 6.45) is 3.99. The van der Waals surface area contributed by atoms with Gasteiger partial charge in [0.25, 0.3) is 0 Å². The molecule has 0 saturated carbocycles. The van der Waals surface area contributed by atoms with Gasteiger partial charge in [0.05, 0.1) is 11.2 Å². The van der Waals surface area contributed by atoms with Gasteiger partial charge in [-0.25, -0.2) is 9.37 Å². The highest BCUT2D eigenvalue weighted by molar-refractivity contribution is 5.81. The molecule has 0 unspecified atom stereocenters. The zero-order chi connectivity index (χ0) is 15.5. The minimum Gasteiger partial charge on any atom is -0.378 e. The van der Waals surface area contributed by atoms with Gasteiger partial charge in [-0.15, -0.1) is 0 Å². The third kappa shape index (κ3) is 3.14. The summed E-state index contributed by atoms with van der Waals surface area (Å²) >= 11 is 0. The van der Waals surface area contributed by atoms with Crippen molar-refractivity contribution in [2.24, 2.45) is 0 Å². The van der Waals surface area contributed by atoms with Crippen LogP contribution in [0.15, 0.2) is 54.6 Å². The average molecular weight is 292 g/mol. The highest BCUT2D eigenvalue weighted by atomic mass is 19.1. The van der Waals surface area contributed by atoms with Crippen LogP contribution in [-0.4, -0.2) is 19.1 Å². The van der Waals surface area contributed by atoms with Crippen LogP contribution in [0.3, 0.4) is 0 Å². The normalized spacial score (nSPS) is 11.2. The van der Waals surface area contributed by atoms with E-state index in [9.17, 15) is 4.39 Å². The Bertz CT molecular complexity index is 820. The highest BCUT2D eigenvalue weighted by Gasteiger charge is 1.98. The molecule has 0 N–H and O–H groups in total. The molecule has 0 atom stereocenters. The Labute approximate surface area is 129 Å². The lowest BCUT2D eigenvalue weighted by Crippen LogP contribution is -2.07. The number of halogens is 1. The molecule has 0 saturated heterocycles. The first-order valence-corrected chi connectivity index (χ1v) is 7.13. The van der Waals surface area contributed by atoms with Crippen molar-refractivity contribution in [2.75, 3.05) is 19.0 Å².